The first-order valence-electron chi connectivity index (χ1n) is 8.62. The second-order valence-electron chi connectivity index (χ2n) is 7.50. The molecule has 2 N–H and O–H groups in total. The molecule has 0 bridgehead atoms. The van der Waals surface area contributed by atoms with E-state index in [2.05, 4.69) is 11.9 Å². The second kappa shape index (κ2) is 9.23. The molecule has 1 amide bonds. The summed E-state index contributed by atoms with van der Waals surface area (Å²) in [4.78, 5) is 26.8. The van der Waals surface area contributed by atoms with Gasteiger partial charge in [0, 0.05) is 19.1 Å². The summed E-state index contributed by atoms with van der Waals surface area (Å²) in [5.74, 6) is 0. The van der Waals surface area contributed by atoms with Crippen LogP contribution in [0.2, 0.25) is 0 Å². The van der Waals surface area contributed by atoms with Gasteiger partial charge in [0.05, 0.1) is 6.04 Å². The van der Waals surface area contributed by atoms with Crippen molar-refractivity contribution >= 4 is 12.4 Å². The van der Waals surface area contributed by atoms with Gasteiger partial charge in [0.2, 0.25) is 0 Å². The molecule has 1 saturated heterocycles. The van der Waals surface area contributed by atoms with E-state index in [0.29, 0.717) is 6.04 Å². The van der Waals surface area contributed by atoms with Gasteiger partial charge < -0.3 is 25.1 Å². The summed E-state index contributed by atoms with van der Waals surface area (Å²) in [7, 11) is 2.10. The van der Waals surface area contributed by atoms with E-state index in [4.69, 9.17) is 10.5 Å². The van der Waals surface area contributed by atoms with Crippen LogP contribution in [-0.4, -0.2) is 66.5 Å². The predicted molar refractivity (Wildman–Crippen MR) is 91.3 cm³/mol. The van der Waals surface area contributed by atoms with Crippen molar-refractivity contribution < 1.29 is 14.3 Å². The number of aldehydes is 1. The number of hydrogen-bond donors (Lipinski definition) is 1. The van der Waals surface area contributed by atoms with E-state index in [-0.39, 0.29) is 12.1 Å². The average molecular weight is 327 g/mol. The summed E-state index contributed by atoms with van der Waals surface area (Å²) in [6.45, 7) is 8.12. The fourth-order valence-electron chi connectivity index (χ4n) is 2.80. The first-order chi connectivity index (χ1) is 10.7. The Morgan fingerprint density at radius 1 is 1.43 bits per heavy atom. The van der Waals surface area contributed by atoms with Crippen molar-refractivity contribution in [3.05, 3.63) is 0 Å². The fraction of sp³-hybridized carbons (Fsp3) is 0.882. The highest BCUT2D eigenvalue weighted by molar-refractivity contribution is 5.68. The van der Waals surface area contributed by atoms with Crippen LogP contribution in [0.4, 0.5) is 4.79 Å². The standard InChI is InChI=1S/C17H33N3O3/c1-17(2,3)23-16(22)20-11-7-9-15(12-20)19(4)10-6-5-8-14(18)13-21/h13-15H,5-12,18H2,1-4H3. The molecule has 1 aliphatic heterocycles. The molecule has 0 radical (unpaired) electrons. The largest absolute Gasteiger partial charge is 0.444 e. The van der Waals surface area contributed by atoms with Crippen molar-refractivity contribution in [1.29, 1.82) is 0 Å². The molecule has 23 heavy (non-hydrogen) atoms. The third kappa shape index (κ3) is 7.79. The van der Waals surface area contributed by atoms with E-state index in [1.165, 1.54) is 0 Å². The van der Waals surface area contributed by atoms with E-state index in [1.807, 2.05) is 25.7 Å². The zero-order chi connectivity index (χ0) is 17.5. The van der Waals surface area contributed by atoms with Crippen LogP contribution in [0.25, 0.3) is 0 Å². The van der Waals surface area contributed by atoms with Gasteiger partial charge in [0.1, 0.15) is 11.9 Å². The highest BCUT2D eigenvalue weighted by Gasteiger charge is 2.29. The molecule has 0 spiro atoms. The number of hydrogen-bond acceptors (Lipinski definition) is 5. The maximum atomic E-state index is 12.2. The quantitative estimate of drug-likeness (QED) is 0.572. The molecule has 1 rings (SSSR count). The van der Waals surface area contributed by atoms with E-state index >= 15 is 0 Å². The van der Waals surface area contributed by atoms with Crippen LogP contribution in [0.5, 0.6) is 0 Å². The molecule has 0 aromatic rings. The zero-order valence-corrected chi connectivity index (χ0v) is 15.1. The smallest absolute Gasteiger partial charge is 0.410 e. The summed E-state index contributed by atoms with van der Waals surface area (Å²) >= 11 is 0. The van der Waals surface area contributed by atoms with Gasteiger partial charge in [-0.1, -0.05) is 6.42 Å². The maximum Gasteiger partial charge on any atom is 0.410 e. The number of nitrogens with two attached hydrogens (primary N) is 1. The van der Waals surface area contributed by atoms with E-state index in [0.717, 1.165) is 58.0 Å². The number of ether oxygens (including phenoxy) is 1. The zero-order valence-electron chi connectivity index (χ0n) is 15.1. The Hall–Kier alpha value is -1.14. The topological polar surface area (TPSA) is 75.9 Å². The van der Waals surface area contributed by atoms with E-state index in [1.54, 1.807) is 0 Å². The fourth-order valence-corrected chi connectivity index (χ4v) is 2.80. The summed E-state index contributed by atoms with van der Waals surface area (Å²) < 4.78 is 5.46. The van der Waals surface area contributed by atoms with Gasteiger partial charge in [-0.05, 0) is 60.0 Å². The Kier molecular flexibility index (Phi) is 7.99. The summed E-state index contributed by atoms with van der Waals surface area (Å²) in [5.41, 5.74) is 5.14. The van der Waals surface area contributed by atoms with Gasteiger partial charge in [-0.3, -0.25) is 0 Å². The predicted octanol–water partition coefficient (Wildman–Crippen LogP) is 2.01. The number of piperidine rings is 1. The Morgan fingerprint density at radius 2 is 2.13 bits per heavy atom. The monoisotopic (exact) mass is 327 g/mol. The minimum atomic E-state index is -0.451. The third-order valence-corrected chi connectivity index (χ3v) is 4.14. The van der Waals surface area contributed by atoms with Crippen LogP contribution >= 0.6 is 0 Å². The summed E-state index contributed by atoms with van der Waals surface area (Å²) in [6.07, 6.45) is 5.41. The van der Waals surface area contributed by atoms with Gasteiger partial charge in [-0.25, -0.2) is 4.79 Å². The van der Waals surface area contributed by atoms with E-state index < -0.39 is 5.60 Å². The lowest BCUT2D eigenvalue weighted by molar-refractivity contribution is -0.109. The lowest BCUT2D eigenvalue weighted by atomic mass is 10.0. The van der Waals surface area contributed by atoms with Crippen LogP contribution in [0.1, 0.15) is 52.9 Å². The molecule has 2 unspecified atom stereocenters. The highest BCUT2D eigenvalue weighted by atomic mass is 16.6. The number of likely N-dealkylation sites (N-methyl/N-ethyl adjacent to an activating group) is 1. The van der Waals surface area contributed by atoms with Crippen molar-refractivity contribution in [2.24, 2.45) is 5.73 Å². The van der Waals surface area contributed by atoms with Crippen LogP contribution in [0, 0.1) is 0 Å². The number of rotatable bonds is 7. The Bertz CT molecular complexity index is 382. The molecule has 0 saturated carbocycles. The van der Waals surface area contributed by atoms with Crippen molar-refractivity contribution in [2.75, 3.05) is 26.7 Å². The molecule has 0 aromatic carbocycles. The summed E-state index contributed by atoms with van der Waals surface area (Å²) in [5, 5.41) is 0. The van der Waals surface area contributed by atoms with Gasteiger partial charge in [0.25, 0.3) is 0 Å². The van der Waals surface area contributed by atoms with Crippen LogP contribution in [0.3, 0.4) is 0 Å². The minimum Gasteiger partial charge on any atom is -0.444 e. The third-order valence-electron chi connectivity index (χ3n) is 4.14. The molecule has 0 aliphatic carbocycles. The molecule has 0 aromatic heterocycles. The van der Waals surface area contributed by atoms with Crippen molar-refractivity contribution in [1.82, 2.24) is 9.80 Å². The van der Waals surface area contributed by atoms with Crippen molar-refractivity contribution in [2.45, 2.75) is 70.6 Å². The van der Waals surface area contributed by atoms with Crippen LogP contribution in [0.15, 0.2) is 0 Å². The van der Waals surface area contributed by atoms with Gasteiger partial charge in [-0.15, -0.1) is 0 Å². The number of unbranched alkanes of at least 4 members (excludes halogenated alkanes) is 1. The molecule has 1 heterocycles. The van der Waals surface area contributed by atoms with Gasteiger partial charge in [0.15, 0.2) is 0 Å². The Morgan fingerprint density at radius 3 is 2.74 bits per heavy atom. The number of carbonyl (C=O) groups excluding carboxylic acids is 2. The lowest BCUT2D eigenvalue weighted by Crippen LogP contribution is -2.50. The SMILES string of the molecule is CN(CCCCC(N)C=O)C1CCCN(C(=O)OC(C)(C)C)C1. The van der Waals surface area contributed by atoms with Crippen LogP contribution in [-0.2, 0) is 9.53 Å². The Balaban J connectivity index is 2.36. The Labute approximate surface area is 140 Å². The minimum absolute atomic E-state index is 0.215. The van der Waals surface area contributed by atoms with Gasteiger partial charge in [-0.2, -0.15) is 0 Å². The van der Waals surface area contributed by atoms with E-state index in [9.17, 15) is 9.59 Å². The number of nitrogens with zero attached hydrogens (tertiary/aromatic N) is 2. The first-order valence-corrected chi connectivity index (χ1v) is 8.62. The molecular weight excluding hydrogens is 294 g/mol. The molecule has 134 valence electrons. The molecule has 2 atom stereocenters. The maximum absolute atomic E-state index is 12.2. The summed E-state index contributed by atoms with van der Waals surface area (Å²) in [6, 6.07) is 0.0358. The molecule has 1 fully saturated rings. The molecular formula is C17H33N3O3. The first kappa shape index (κ1) is 19.9. The normalized spacial score (nSPS) is 20.4. The highest BCUT2D eigenvalue weighted by Crippen LogP contribution is 2.18. The molecule has 6 heteroatoms. The number of amides is 1. The van der Waals surface area contributed by atoms with Crippen molar-refractivity contribution in [3.8, 4) is 0 Å². The molecule has 1 aliphatic rings. The van der Waals surface area contributed by atoms with Crippen LogP contribution < -0.4 is 5.73 Å². The van der Waals surface area contributed by atoms with Crippen molar-refractivity contribution in [3.63, 3.8) is 0 Å². The average Bonchev–Trinajstić information content (AvgIpc) is 2.49. The lowest BCUT2D eigenvalue weighted by Gasteiger charge is -2.38. The number of likely N-dealkylation sites (tertiary alicyclic amines) is 1. The van der Waals surface area contributed by atoms with Gasteiger partial charge >= 0.3 is 6.09 Å². The molecule has 6 nitrogen and oxygen atoms in total. The second-order valence-corrected chi connectivity index (χ2v) is 7.50. The number of carbonyl (C=O) groups is 2.